The Morgan fingerprint density at radius 3 is 2.93 bits per heavy atom. The summed E-state index contributed by atoms with van der Waals surface area (Å²) in [5.41, 5.74) is 0.836. The van der Waals surface area contributed by atoms with Gasteiger partial charge in [0.15, 0.2) is 0 Å². The number of pyridine rings is 1. The molecule has 0 fully saturated rings. The number of nitrogens with zero attached hydrogens (tertiary/aromatic N) is 3. The van der Waals surface area contributed by atoms with Crippen molar-refractivity contribution in [2.45, 2.75) is 6.54 Å². The van der Waals surface area contributed by atoms with Crippen LogP contribution in [0.5, 0.6) is 0 Å². The summed E-state index contributed by atoms with van der Waals surface area (Å²) >= 11 is 5.74. The summed E-state index contributed by atoms with van der Waals surface area (Å²) < 4.78 is 1.51. The van der Waals surface area contributed by atoms with Crippen LogP contribution in [0.3, 0.4) is 0 Å². The number of halogens is 1. The lowest BCUT2D eigenvalue weighted by molar-refractivity contribution is 0.735. The van der Waals surface area contributed by atoms with Gasteiger partial charge in [0.1, 0.15) is 5.15 Å². The smallest absolute Gasteiger partial charge is 0.253 e. The summed E-state index contributed by atoms with van der Waals surface area (Å²) in [7, 11) is 0. The third kappa shape index (κ3) is 2.41. The molecule has 76 valence electrons. The molecule has 0 N–H and O–H groups in total. The Kier molecular flexibility index (Phi) is 2.78. The molecular formula is C10H8ClN3O. The van der Waals surface area contributed by atoms with Crippen molar-refractivity contribution in [1.82, 2.24) is 14.5 Å². The molecule has 0 radical (unpaired) electrons. The highest BCUT2D eigenvalue weighted by Crippen LogP contribution is 2.07. The molecule has 2 aromatic rings. The monoisotopic (exact) mass is 221 g/mol. The Bertz CT molecular complexity index is 524. The molecule has 0 aliphatic rings. The highest BCUT2D eigenvalue weighted by Gasteiger charge is 1.98. The first-order valence-electron chi connectivity index (χ1n) is 4.36. The first-order valence-corrected chi connectivity index (χ1v) is 4.74. The molecule has 0 aliphatic heterocycles. The molecule has 0 aromatic carbocycles. The predicted octanol–water partition coefficient (Wildman–Crippen LogP) is 1.34. The maximum Gasteiger partial charge on any atom is 0.253 e. The van der Waals surface area contributed by atoms with E-state index >= 15 is 0 Å². The Hall–Kier alpha value is -1.68. The average Bonchev–Trinajstić information content (AvgIpc) is 2.22. The highest BCUT2D eigenvalue weighted by atomic mass is 35.5. The molecule has 2 heterocycles. The third-order valence-corrected chi connectivity index (χ3v) is 2.14. The van der Waals surface area contributed by atoms with E-state index in [1.165, 1.54) is 23.2 Å². The minimum absolute atomic E-state index is 0.0852. The van der Waals surface area contributed by atoms with Gasteiger partial charge in [0.05, 0.1) is 12.9 Å². The fraction of sp³-hybridized carbons (Fsp3) is 0.100. The van der Waals surface area contributed by atoms with Crippen molar-refractivity contribution in [1.29, 1.82) is 0 Å². The van der Waals surface area contributed by atoms with Crippen LogP contribution in [0.4, 0.5) is 0 Å². The van der Waals surface area contributed by atoms with Crippen LogP contribution in [0.15, 0.2) is 41.7 Å². The molecule has 0 unspecified atom stereocenters. The number of hydrogen-bond donors (Lipinski definition) is 0. The van der Waals surface area contributed by atoms with Crippen molar-refractivity contribution in [2.24, 2.45) is 0 Å². The maximum absolute atomic E-state index is 11.4. The van der Waals surface area contributed by atoms with Crippen LogP contribution in [0.1, 0.15) is 5.56 Å². The minimum atomic E-state index is -0.0852. The topological polar surface area (TPSA) is 47.8 Å². The summed E-state index contributed by atoms with van der Waals surface area (Å²) in [5.74, 6) is 0. The second-order valence-corrected chi connectivity index (χ2v) is 3.42. The Morgan fingerprint density at radius 1 is 1.33 bits per heavy atom. The summed E-state index contributed by atoms with van der Waals surface area (Å²) in [6.45, 7) is 0.453. The van der Waals surface area contributed by atoms with Gasteiger partial charge in [-0.05, 0) is 17.7 Å². The van der Waals surface area contributed by atoms with E-state index in [4.69, 9.17) is 11.6 Å². The third-order valence-electron chi connectivity index (χ3n) is 1.94. The molecule has 0 spiro atoms. The standard InChI is InChI=1S/C10H8ClN3O/c11-9-5-8(1-4-13-9)6-14-7-12-3-2-10(14)15/h1-5,7H,6H2. The van der Waals surface area contributed by atoms with Crippen LogP contribution in [0.25, 0.3) is 0 Å². The van der Waals surface area contributed by atoms with Crippen LogP contribution in [0.2, 0.25) is 5.15 Å². The summed E-state index contributed by atoms with van der Waals surface area (Å²) in [5, 5.41) is 0.421. The summed E-state index contributed by atoms with van der Waals surface area (Å²) in [4.78, 5) is 19.1. The van der Waals surface area contributed by atoms with Gasteiger partial charge >= 0.3 is 0 Å². The zero-order chi connectivity index (χ0) is 10.7. The van der Waals surface area contributed by atoms with E-state index in [1.54, 1.807) is 12.3 Å². The van der Waals surface area contributed by atoms with E-state index in [9.17, 15) is 4.79 Å². The van der Waals surface area contributed by atoms with Gasteiger partial charge in [-0.3, -0.25) is 9.36 Å². The minimum Gasteiger partial charge on any atom is -0.295 e. The van der Waals surface area contributed by atoms with Gasteiger partial charge in [0, 0.05) is 18.5 Å². The van der Waals surface area contributed by atoms with Crippen LogP contribution < -0.4 is 5.56 Å². The Balaban J connectivity index is 2.30. The van der Waals surface area contributed by atoms with Gasteiger partial charge in [-0.25, -0.2) is 9.97 Å². The van der Waals surface area contributed by atoms with Crippen LogP contribution in [0, 0.1) is 0 Å². The lowest BCUT2D eigenvalue weighted by atomic mass is 10.3. The van der Waals surface area contributed by atoms with Crippen molar-refractivity contribution in [3.8, 4) is 0 Å². The first-order chi connectivity index (χ1) is 7.25. The van der Waals surface area contributed by atoms with E-state index < -0.39 is 0 Å². The average molecular weight is 222 g/mol. The van der Waals surface area contributed by atoms with Crippen molar-refractivity contribution in [3.05, 3.63) is 58.0 Å². The summed E-state index contributed by atoms with van der Waals surface area (Å²) in [6, 6.07) is 4.95. The Labute approximate surface area is 91.2 Å². The van der Waals surface area contributed by atoms with Crippen molar-refractivity contribution in [2.75, 3.05) is 0 Å². The van der Waals surface area contributed by atoms with Gasteiger partial charge in [-0.15, -0.1) is 0 Å². The summed E-state index contributed by atoms with van der Waals surface area (Å²) in [6.07, 6.45) is 4.58. The molecule has 0 amide bonds. The molecule has 0 atom stereocenters. The number of rotatable bonds is 2. The fourth-order valence-electron chi connectivity index (χ4n) is 1.23. The van der Waals surface area contributed by atoms with Gasteiger partial charge in [-0.2, -0.15) is 0 Å². The van der Waals surface area contributed by atoms with Gasteiger partial charge < -0.3 is 0 Å². The number of hydrogen-bond acceptors (Lipinski definition) is 3. The molecule has 0 saturated heterocycles. The zero-order valence-corrected chi connectivity index (χ0v) is 8.55. The van der Waals surface area contributed by atoms with Crippen molar-refractivity contribution < 1.29 is 0 Å². The van der Waals surface area contributed by atoms with E-state index in [0.717, 1.165) is 5.56 Å². The van der Waals surface area contributed by atoms with Gasteiger partial charge in [-0.1, -0.05) is 11.6 Å². The lowest BCUT2D eigenvalue weighted by Gasteiger charge is -2.03. The van der Waals surface area contributed by atoms with Crippen molar-refractivity contribution >= 4 is 11.6 Å². The molecule has 2 aromatic heterocycles. The van der Waals surface area contributed by atoms with Crippen LogP contribution in [-0.2, 0) is 6.54 Å². The first kappa shape index (κ1) is 9.86. The molecule has 0 bridgehead atoms. The molecule has 5 heteroatoms. The van der Waals surface area contributed by atoms with E-state index in [-0.39, 0.29) is 5.56 Å². The number of aromatic nitrogens is 3. The molecule has 15 heavy (non-hydrogen) atoms. The van der Waals surface area contributed by atoms with Crippen LogP contribution in [-0.4, -0.2) is 14.5 Å². The quantitative estimate of drug-likeness (QED) is 0.719. The van der Waals surface area contributed by atoms with E-state index in [1.807, 2.05) is 6.07 Å². The van der Waals surface area contributed by atoms with Crippen molar-refractivity contribution in [3.63, 3.8) is 0 Å². The largest absolute Gasteiger partial charge is 0.295 e. The van der Waals surface area contributed by atoms with Gasteiger partial charge in [0.2, 0.25) is 0 Å². The fourth-order valence-corrected chi connectivity index (χ4v) is 1.43. The molecule has 2 rings (SSSR count). The highest BCUT2D eigenvalue weighted by molar-refractivity contribution is 6.29. The normalized spacial score (nSPS) is 10.2. The zero-order valence-electron chi connectivity index (χ0n) is 7.80. The molecule has 0 saturated carbocycles. The van der Waals surface area contributed by atoms with E-state index in [2.05, 4.69) is 9.97 Å². The molecular weight excluding hydrogens is 214 g/mol. The SMILES string of the molecule is O=c1ccncn1Cc1ccnc(Cl)c1. The van der Waals surface area contributed by atoms with Crippen LogP contribution >= 0.6 is 11.6 Å². The predicted molar refractivity (Wildman–Crippen MR) is 56.8 cm³/mol. The van der Waals surface area contributed by atoms with Gasteiger partial charge in [0.25, 0.3) is 5.56 Å². The van der Waals surface area contributed by atoms with E-state index in [0.29, 0.717) is 11.7 Å². The second kappa shape index (κ2) is 4.23. The Morgan fingerprint density at radius 2 is 2.20 bits per heavy atom. The molecule has 4 nitrogen and oxygen atoms in total. The lowest BCUT2D eigenvalue weighted by Crippen LogP contribution is -2.19. The maximum atomic E-state index is 11.4. The second-order valence-electron chi connectivity index (χ2n) is 3.03. The molecule has 0 aliphatic carbocycles.